The number of nitrogens with zero attached hydrogens (tertiary/aromatic N) is 1. The van der Waals surface area contributed by atoms with Gasteiger partial charge in [-0.1, -0.05) is 29.8 Å². The maximum Gasteiger partial charge on any atom is 0.331 e. The van der Waals surface area contributed by atoms with Crippen molar-refractivity contribution in [1.29, 1.82) is 0 Å². The highest BCUT2D eigenvalue weighted by Gasteiger charge is 2.28. The number of carboxylic acids is 1. The quantitative estimate of drug-likeness (QED) is 0.411. The number of rotatable bonds is 6. The monoisotopic (exact) mass is 427 g/mol. The minimum Gasteiger partial charge on any atom is -0.480 e. The van der Waals surface area contributed by atoms with Crippen LogP contribution in [0.2, 0.25) is 5.02 Å². The number of fused-ring (bicyclic) bond motifs is 2. The van der Waals surface area contributed by atoms with E-state index < -0.39 is 23.9 Å². The molecular formula is C21H18ClN3O5. The van der Waals surface area contributed by atoms with Crippen molar-refractivity contribution in [3.8, 4) is 5.75 Å². The van der Waals surface area contributed by atoms with Crippen LogP contribution in [0.25, 0.3) is 10.9 Å². The average Bonchev–Trinajstić information content (AvgIpc) is 3.11. The van der Waals surface area contributed by atoms with E-state index in [1.807, 2.05) is 24.3 Å². The van der Waals surface area contributed by atoms with Crippen LogP contribution in [-0.2, 0) is 20.8 Å². The van der Waals surface area contributed by atoms with Crippen molar-refractivity contribution < 1.29 is 24.2 Å². The Hall–Kier alpha value is -3.52. The van der Waals surface area contributed by atoms with E-state index in [9.17, 15) is 19.5 Å². The van der Waals surface area contributed by atoms with E-state index in [2.05, 4.69) is 10.3 Å². The van der Waals surface area contributed by atoms with Gasteiger partial charge in [-0.3, -0.25) is 4.79 Å². The number of carboxylic acid groups (broad SMARTS) is 1. The van der Waals surface area contributed by atoms with Gasteiger partial charge >= 0.3 is 11.9 Å². The number of aromatic nitrogens is 1. The summed E-state index contributed by atoms with van der Waals surface area (Å²) in [7, 11) is 0. The van der Waals surface area contributed by atoms with Gasteiger partial charge < -0.3 is 25.0 Å². The van der Waals surface area contributed by atoms with Crippen LogP contribution in [0, 0.1) is 0 Å². The fourth-order valence-corrected chi connectivity index (χ4v) is 3.66. The molecule has 1 aliphatic heterocycles. The predicted molar refractivity (Wildman–Crippen MR) is 111 cm³/mol. The number of para-hydroxylation sites is 1. The molecule has 0 fully saturated rings. The largest absolute Gasteiger partial charge is 0.480 e. The summed E-state index contributed by atoms with van der Waals surface area (Å²) in [6.45, 7) is -0.346. The van der Waals surface area contributed by atoms with Crippen LogP contribution in [0.5, 0.6) is 5.75 Å². The van der Waals surface area contributed by atoms with E-state index in [-0.39, 0.29) is 19.5 Å². The Labute approximate surface area is 176 Å². The first-order valence-electron chi connectivity index (χ1n) is 9.23. The Bertz CT molecular complexity index is 1140. The zero-order chi connectivity index (χ0) is 21.3. The van der Waals surface area contributed by atoms with E-state index in [4.69, 9.17) is 16.3 Å². The SMILES string of the molecule is O=C(CN1CC(=O)Oc2ccc(Cl)cc21)NC(Cc1c[nH]c2ccccc12)C(=O)O. The molecule has 4 rings (SSSR count). The standard InChI is InChI=1S/C21H18ClN3O5/c22-13-5-6-18-17(8-13)25(11-20(27)30-18)10-19(26)24-16(21(28)29)7-12-9-23-15-4-2-1-3-14(12)15/h1-6,8-9,16,23H,7,10-11H2,(H,24,26)(H,28,29). The minimum absolute atomic E-state index is 0.121. The fraction of sp³-hybridized carbons (Fsp3) is 0.190. The molecule has 0 bridgehead atoms. The molecule has 0 spiro atoms. The molecule has 1 atom stereocenters. The highest BCUT2D eigenvalue weighted by molar-refractivity contribution is 6.31. The van der Waals surface area contributed by atoms with Crippen molar-refractivity contribution in [2.75, 3.05) is 18.0 Å². The van der Waals surface area contributed by atoms with Gasteiger partial charge in [-0.05, 0) is 29.8 Å². The molecule has 0 radical (unpaired) electrons. The number of ether oxygens (including phenoxy) is 1. The zero-order valence-electron chi connectivity index (χ0n) is 15.7. The van der Waals surface area contributed by atoms with Crippen molar-refractivity contribution in [2.24, 2.45) is 0 Å². The number of hydrogen-bond donors (Lipinski definition) is 3. The number of aliphatic carboxylic acids is 1. The Morgan fingerprint density at radius 2 is 2.07 bits per heavy atom. The third-order valence-corrected chi connectivity index (χ3v) is 5.11. The topological polar surface area (TPSA) is 112 Å². The summed E-state index contributed by atoms with van der Waals surface area (Å²) in [4.78, 5) is 40.8. The average molecular weight is 428 g/mol. The van der Waals surface area contributed by atoms with Gasteiger partial charge in [0, 0.05) is 28.5 Å². The normalized spacial score (nSPS) is 14.2. The van der Waals surface area contributed by atoms with Gasteiger partial charge in [0.05, 0.1) is 12.2 Å². The molecule has 8 nitrogen and oxygen atoms in total. The molecule has 30 heavy (non-hydrogen) atoms. The van der Waals surface area contributed by atoms with E-state index in [1.54, 1.807) is 24.4 Å². The highest BCUT2D eigenvalue weighted by atomic mass is 35.5. The first-order chi connectivity index (χ1) is 14.4. The molecule has 9 heteroatoms. The summed E-state index contributed by atoms with van der Waals surface area (Å²) in [5.41, 5.74) is 2.18. The number of esters is 1. The Kier molecular flexibility index (Phi) is 5.33. The van der Waals surface area contributed by atoms with E-state index >= 15 is 0 Å². The number of nitrogens with one attached hydrogen (secondary N) is 2. The molecule has 3 N–H and O–H groups in total. The van der Waals surface area contributed by atoms with Gasteiger partial charge in [0.15, 0.2) is 5.75 Å². The molecule has 0 aliphatic carbocycles. The number of H-pyrrole nitrogens is 1. The van der Waals surface area contributed by atoms with Gasteiger partial charge in [0.25, 0.3) is 0 Å². The summed E-state index contributed by atoms with van der Waals surface area (Å²) in [5, 5.41) is 13.5. The molecule has 3 aromatic rings. The predicted octanol–water partition coefficient (Wildman–Crippen LogP) is 2.36. The highest BCUT2D eigenvalue weighted by Crippen LogP contribution is 2.34. The second-order valence-corrected chi connectivity index (χ2v) is 7.40. The summed E-state index contributed by atoms with van der Waals surface area (Å²) in [6.07, 6.45) is 1.86. The first kappa shape index (κ1) is 19.8. The molecule has 0 saturated heterocycles. The van der Waals surface area contributed by atoms with E-state index in [1.165, 1.54) is 4.90 Å². The molecular weight excluding hydrogens is 410 g/mol. The maximum absolute atomic E-state index is 12.6. The lowest BCUT2D eigenvalue weighted by molar-refractivity contribution is -0.141. The lowest BCUT2D eigenvalue weighted by Crippen LogP contribution is -2.48. The van der Waals surface area contributed by atoms with Gasteiger partial charge in [-0.25, -0.2) is 9.59 Å². The van der Waals surface area contributed by atoms with Gasteiger partial charge in [0.2, 0.25) is 5.91 Å². The number of halogens is 1. The first-order valence-corrected chi connectivity index (χ1v) is 9.61. The Morgan fingerprint density at radius 3 is 2.87 bits per heavy atom. The number of benzene rings is 2. The summed E-state index contributed by atoms with van der Waals surface area (Å²) in [6, 6.07) is 11.1. The van der Waals surface area contributed by atoms with Gasteiger partial charge in [-0.2, -0.15) is 0 Å². The van der Waals surface area contributed by atoms with Crippen LogP contribution in [-0.4, -0.2) is 47.1 Å². The molecule has 1 unspecified atom stereocenters. The lowest BCUT2D eigenvalue weighted by atomic mass is 10.0. The van der Waals surface area contributed by atoms with Crippen LogP contribution < -0.4 is 15.0 Å². The number of carbonyl (C=O) groups excluding carboxylic acids is 2. The Balaban J connectivity index is 1.49. The molecule has 2 heterocycles. The molecule has 1 aromatic heterocycles. The summed E-state index contributed by atoms with van der Waals surface area (Å²) >= 11 is 6.02. The second kappa shape index (κ2) is 8.08. The van der Waals surface area contributed by atoms with Crippen LogP contribution >= 0.6 is 11.6 Å². The number of anilines is 1. The van der Waals surface area contributed by atoms with Gasteiger partial charge in [0.1, 0.15) is 12.6 Å². The number of carbonyl (C=O) groups is 3. The summed E-state index contributed by atoms with van der Waals surface area (Å²) in [5.74, 6) is -1.87. The van der Waals surface area contributed by atoms with Crippen molar-refractivity contribution in [3.05, 3.63) is 59.2 Å². The van der Waals surface area contributed by atoms with Crippen molar-refractivity contribution in [1.82, 2.24) is 10.3 Å². The molecule has 154 valence electrons. The Morgan fingerprint density at radius 1 is 1.27 bits per heavy atom. The molecule has 2 aromatic carbocycles. The van der Waals surface area contributed by atoms with Gasteiger partial charge in [-0.15, -0.1) is 0 Å². The number of amides is 1. The van der Waals surface area contributed by atoms with Crippen molar-refractivity contribution in [2.45, 2.75) is 12.5 Å². The smallest absolute Gasteiger partial charge is 0.331 e. The molecule has 1 amide bonds. The second-order valence-electron chi connectivity index (χ2n) is 6.96. The third-order valence-electron chi connectivity index (χ3n) is 4.87. The fourth-order valence-electron chi connectivity index (χ4n) is 3.49. The zero-order valence-corrected chi connectivity index (χ0v) is 16.5. The third kappa shape index (κ3) is 4.08. The van der Waals surface area contributed by atoms with Crippen LogP contribution in [0.3, 0.4) is 0 Å². The number of hydrogen-bond acceptors (Lipinski definition) is 5. The van der Waals surface area contributed by atoms with Crippen LogP contribution in [0.15, 0.2) is 48.7 Å². The lowest BCUT2D eigenvalue weighted by Gasteiger charge is -2.29. The van der Waals surface area contributed by atoms with E-state index in [0.29, 0.717) is 16.5 Å². The van der Waals surface area contributed by atoms with Crippen molar-refractivity contribution in [3.63, 3.8) is 0 Å². The minimum atomic E-state index is -1.14. The molecule has 1 aliphatic rings. The van der Waals surface area contributed by atoms with Crippen LogP contribution in [0.4, 0.5) is 5.69 Å². The molecule has 0 saturated carbocycles. The summed E-state index contributed by atoms with van der Waals surface area (Å²) < 4.78 is 5.16. The van der Waals surface area contributed by atoms with Crippen molar-refractivity contribution >= 4 is 46.0 Å². The number of aromatic amines is 1. The maximum atomic E-state index is 12.6. The van der Waals surface area contributed by atoms with E-state index in [0.717, 1.165) is 16.5 Å². The van der Waals surface area contributed by atoms with Crippen LogP contribution in [0.1, 0.15) is 5.56 Å².